The van der Waals surface area contributed by atoms with E-state index in [1.807, 2.05) is 6.92 Å². The number of hydrogen-bond acceptors (Lipinski definition) is 1. The summed E-state index contributed by atoms with van der Waals surface area (Å²) >= 11 is 3.60. The zero-order valence-corrected chi connectivity index (χ0v) is 10.8. The zero-order chi connectivity index (χ0) is 10.7. The number of amides is 1. The molecule has 14 heavy (non-hydrogen) atoms. The van der Waals surface area contributed by atoms with Crippen LogP contribution < -0.4 is 5.32 Å². The second-order valence-corrected chi connectivity index (χ2v) is 5.77. The first-order valence-electron chi connectivity index (χ1n) is 5.46. The lowest BCUT2D eigenvalue weighted by atomic mass is 9.97. The Labute approximate surface area is 95.0 Å². The number of carbonyl (C=O) groups is 1. The molecular weight excluding hydrogens is 242 g/mol. The summed E-state index contributed by atoms with van der Waals surface area (Å²) in [6.45, 7) is 6.17. The highest BCUT2D eigenvalue weighted by Gasteiger charge is 2.28. The summed E-state index contributed by atoms with van der Waals surface area (Å²) in [4.78, 5) is 12.2. The quantitative estimate of drug-likeness (QED) is 0.778. The Hall–Kier alpha value is -0.0500. The molecule has 0 radical (unpaired) electrons. The van der Waals surface area contributed by atoms with Crippen molar-refractivity contribution in [1.29, 1.82) is 0 Å². The molecule has 3 unspecified atom stereocenters. The molecule has 0 heterocycles. The van der Waals surface area contributed by atoms with Crippen LogP contribution in [0.3, 0.4) is 0 Å². The van der Waals surface area contributed by atoms with Crippen LogP contribution in [0.15, 0.2) is 0 Å². The molecule has 3 heteroatoms. The molecule has 82 valence electrons. The minimum Gasteiger partial charge on any atom is -0.352 e. The van der Waals surface area contributed by atoms with Crippen LogP contribution in [0.2, 0.25) is 0 Å². The first-order valence-corrected chi connectivity index (χ1v) is 6.38. The SMILES string of the molecule is CC(C)C(C)C(=O)NC1CCCC1Br. The average Bonchev–Trinajstić information content (AvgIpc) is 2.50. The summed E-state index contributed by atoms with van der Waals surface area (Å²) in [7, 11) is 0. The largest absolute Gasteiger partial charge is 0.352 e. The van der Waals surface area contributed by atoms with Gasteiger partial charge in [-0.3, -0.25) is 4.79 Å². The van der Waals surface area contributed by atoms with Crippen molar-refractivity contribution in [3.63, 3.8) is 0 Å². The van der Waals surface area contributed by atoms with E-state index in [-0.39, 0.29) is 11.8 Å². The second-order valence-electron chi connectivity index (χ2n) is 4.59. The fourth-order valence-electron chi connectivity index (χ4n) is 1.69. The maximum atomic E-state index is 11.8. The van der Waals surface area contributed by atoms with Gasteiger partial charge >= 0.3 is 0 Å². The van der Waals surface area contributed by atoms with Gasteiger partial charge in [0.25, 0.3) is 0 Å². The van der Waals surface area contributed by atoms with Crippen LogP contribution in [0, 0.1) is 11.8 Å². The third-order valence-corrected chi connectivity index (χ3v) is 4.27. The van der Waals surface area contributed by atoms with Crippen LogP contribution in [-0.4, -0.2) is 16.8 Å². The van der Waals surface area contributed by atoms with Crippen molar-refractivity contribution >= 4 is 21.8 Å². The van der Waals surface area contributed by atoms with Gasteiger partial charge in [0.1, 0.15) is 0 Å². The van der Waals surface area contributed by atoms with Gasteiger partial charge in [0.05, 0.1) is 0 Å². The number of alkyl halides is 1. The van der Waals surface area contributed by atoms with E-state index in [1.165, 1.54) is 12.8 Å². The molecule has 1 aliphatic carbocycles. The van der Waals surface area contributed by atoms with Crippen molar-refractivity contribution in [3.8, 4) is 0 Å². The molecule has 0 aromatic rings. The molecule has 0 aromatic carbocycles. The summed E-state index contributed by atoms with van der Waals surface area (Å²) in [5, 5.41) is 3.12. The van der Waals surface area contributed by atoms with E-state index in [1.54, 1.807) is 0 Å². The van der Waals surface area contributed by atoms with Crippen LogP contribution >= 0.6 is 15.9 Å². The van der Waals surface area contributed by atoms with E-state index in [4.69, 9.17) is 0 Å². The Bertz CT molecular complexity index is 205. The fraction of sp³-hybridized carbons (Fsp3) is 0.909. The van der Waals surface area contributed by atoms with Crippen LogP contribution in [-0.2, 0) is 4.79 Å². The number of halogens is 1. The van der Waals surface area contributed by atoms with Crippen molar-refractivity contribution < 1.29 is 4.79 Å². The molecule has 0 aliphatic heterocycles. The molecule has 2 nitrogen and oxygen atoms in total. The highest BCUT2D eigenvalue weighted by atomic mass is 79.9. The summed E-state index contributed by atoms with van der Waals surface area (Å²) in [6, 6.07) is 0.351. The minimum absolute atomic E-state index is 0.121. The molecule has 1 aliphatic rings. The normalized spacial score (nSPS) is 29.2. The third-order valence-electron chi connectivity index (χ3n) is 3.17. The highest BCUT2D eigenvalue weighted by molar-refractivity contribution is 9.09. The Morgan fingerprint density at radius 1 is 1.36 bits per heavy atom. The van der Waals surface area contributed by atoms with Crippen molar-refractivity contribution in [2.24, 2.45) is 11.8 Å². The lowest BCUT2D eigenvalue weighted by Gasteiger charge is -2.21. The number of carbonyl (C=O) groups excluding carboxylic acids is 1. The molecule has 0 aromatic heterocycles. The molecule has 0 bridgehead atoms. The predicted molar refractivity (Wildman–Crippen MR) is 62.5 cm³/mol. The molecular formula is C11H20BrNO. The molecule has 0 spiro atoms. The number of nitrogens with one attached hydrogen (secondary N) is 1. The maximum Gasteiger partial charge on any atom is 0.223 e. The van der Waals surface area contributed by atoms with Crippen LogP contribution in [0.5, 0.6) is 0 Å². The molecule has 3 atom stereocenters. The zero-order valence-electron chi connectivity index (χ0n) is 9.22. The predicted octanol–water partition coefficient (Wildman–Crippen LogP) is 2.71. The summed E-state index contributed by atoms with van der Waals surface area (Å²) in [6.07, 6.45) is 3.52. The van der Waals surface area contributed by atoms with Crippen LogP contribution in [0.25, 0.3) is 0 Å². The highest BCUT2D eigenvalue weighted by Crippen LogP contribution is 2.26. The second kappa shape index (κ2) is 5.15. The van der Waals surface area contributed by atoms with Crippen molar-refractivity contribution in [1.82, 2.24) is 5.32 Å². The standard InChI is InChI=1S/C11H20BrNO/c1-7(2)8(3)11(14)13-10-6-4-5-9(10)12/h7-10H,4-6H2,1-3H3,(H,13,14). The van der Waals surface area contributed by atoms with Gasteiger partial charge in [-0.05, 0) is 18.8 Å². The van der Waals surface area contributed by atoms with Crippen LogP contribution in [0.4, 0.5) is 0 Å². The Morgan fingerprint density at radius 2 is 2.00 bits per heavy atom. The first-order chi connectivity index (χ1) is 6.52. The summed E-state index contributed by atoms with van der Waals surface area (Å²) in [5.74, 6) is 0.747. The minimum atomic E-state index is 0.121. The van der Waals surface area contributed by atoms with E-state index < -0.39 is 0 Å². The van der Waals surface area contributed by atoms with Crippen molar-refractivity contribution in [2.45, 2.75) is 50.9 Å². The van der Waals surface area contributed by atoms with Gasteiger partial charge in [-0.1, -0.05) is 43.1 Å². The van der Waals surface area contributed by atoms with E-state index in [0.717, 1.165) is 6.42 Å². The average molecular weight is 262 g/mol. The number of rotatable bonds is 3. The number of hydrogen-bond donors (Lipinski definition) is 1. The smallest absolute Gasteiger partial charge is 0.223 e. The van der Waals surface area contributed by atoms with Crippen LogP contribution in [0.1, 0.15) is 40.0 Å². The van der Waals surface area contributed by atoms with Crippen molar-refractivity contribution in [3.05, 3.63) is 0 Å². The molecule has 0 saturated heterocycles. The van der Waals surface area contributed by atoms with Crippen molar-refractivity contribution in [2.75, 3.05) is 0 Å². The Morgan fingerprint density at radius 3 is 2.43 bits per heavy atom. The topological polar surface area (TPSA) is 29.1 Å². The van der Waals surface area contributed by atoms with Gasteiger partial charge in [-0.25, -0.2) is 0 Å². The molecule has 1 N–H and O–H groups in total. The molecule has 1 fully saturated rings. The molecule has 1 saturated carbocycles. The summed E-state index contributed by atoms with van der Waals surface area (Å²) < 4.78 is 0. The lowest BCUT2D eigenvalue weighted by Crippen LogP contribution is -2.41. The lowest BCUT2D eigenvalue weighted by molar-refractivity contribution is -0.126. The first kappa shape index (κ1) is 12.0. The van der Waals surface area contributed by atoms with Gasteiger partial charge in [0, 0.05) is 16.8 Å². The molecule has 1 amide bonds. The maximum absolute atomic E-state index is 11.8. The van der Waals surface area contributed by atoms with E-state index in [9.17, 15) is 4.79 Å². The van der Waals surface area contributed by atoms with E-state index in [2.05, 4.69) is 35.1 Å². The van der Waals surface area contributed by atoms with Gasteiger partial charge in [-0.15, -0.1) is 0 Å². The van der Waals surface area contributed by atoms with Gasteiger partial charge in [0.2, 0.25) is 5.91 Å². The fourth-order valence-corrected chi connectivity index (χ4v) is 2.41. The third kappa shape index (κ3) is 2.97. The van der Waals surface area contributed by atoms with Gasteiger partial charge in [-0.2, -0.15) is 0 Å². The van der Waals surface area contributed by atoms with E-state index >= 15 is 0 Å². The Kier molecular flexibility index (Phi) is 4.42. The van der Waals surface area contributed by atoms with Gasteiger partial charge < -0.3 is 5.32 Å². The monoisotopic (exact) mass is 261 g/mol. The summed E-state index contributed by atoms with van der Waals surface area (Å²) in [5.41, 5.74) is 0. The van der Waals surface area contributed by atoms with E-state index in [0.29, 0.717) is 16.8 Å². The van der Waals surface area contributed by atoms with Gasteiger partial charge in [0.15, 0.2) is 0 Å². The molecule has 1 rings (SSSR count). The Balaban J connectivity index is 2.40.